The molecule has 1 fully saturated rings. The molecule has 35 heavy (non-hydrogen) atoms. The fraction of sp³-hybridized carbons (Fsp3) is 0.480. The molecule has 0 bridgehead atoms. The molecule has 1 atom stereocenters. The molecule has 1 saturated heterocycles. The first-order chi connectivity index (χ1) is 16.9. The van der Waals surface area contributed by atoms with Crippen molar-refractivity contribution in [2.45, 2.75) is 52.2 Å². The Morgan fingerprint density at radius 1 is 1.23 bits per heavy atom. The number of hydrogen-bond acceptors (Lipinski definition) is 7. The van der Waals surface area contributed by atoms with Crippen LogP contribution in [0.2, 0.25) is 0 Å². The zero-order chi connectivity index (χ0) is 24.9. The lowest BCUT2D eigenvalue weighted by Gasteiger charge is -2.34. The minimum absolute atomic E-state index is 0.0226. The summed E-state index contributed by atoms with van der Waals surface area (Å²) >= 11 is 0. The van der Waals surface area contributed by atoms with Gasteiger partial charge in [-0.25, -0.2) is 9.67 Å². The summed E-state index contributed by atoms with van der Waals surface area (Å²) in [5, 5.41) is 17.7. The molecule has 1 aliphatic rings. The molecule has 10 nitrogen and oxygen atoms in total. The van der Waals surface area contributed by atoms with Crippen LogP contribution in [0.25, 0.3) is 11.4 Å². The second kappa shape index (κ2) is 10.8. The predicted octanol–water partition coefficient (Wildman–Crippen LogP) is 2.28. The second-order valence-electron chi connectivity index (χ2n) is 8.81. The molecule has 0 spiro atoms. The van der Waals surface area contributed by atoms with Crippen molar-refractivity contribution in [3.05, 3.63) is 57.8 Å². The number of pyridine rings is 2. The average Bonchev–Trinajstić information content (AvgIpc) is 3.20. The van der Waals surface area contributed by atoms with Gasteiger partial charge in [-0.15, -0.1) is 5.10 Å². The summed E-state index contributed by atoms with van der Waals surface area (Å²) in [6.07, 6.45) is 4.16. The van der Waals surface area contributed by atoms with Gasteiger partial charge in [-0.1, -0.05) is 31.5 Å². The first kappa shape index (κ1) is 24.6. The molecule has 0 aromatic carbocycles. The van der Waals surface area contributed by atoms with E-state index in [1.54, 1.807) is 15.3 Å². The molecule has 3 aromatic heterocycles. The maximum atomic E-state index is 12.5. The Morgan fingerprint density at radius 2 is 2.06 bits per heavy atom. The number of carbonyl (C=O) groups is 1. The van der Waals surface area contributed by atoms with Crippen molar-refractivity contribution >= 4 is 11.7 Å². The number of anilines is 1. The fourth-order valence-electron chi connectivity index (χ4n) is 4.49. The van der Waals surface area contributed by atoms with Crippen LogP contribution < -0.4 is 10.5 Å². The van der Waals surface area contributed by atoms with E-state index in [0.717, 1.165) is 35.5 Å². The first-order valence-corrected chi connectivity index (χ1v) is 12.1. The lowest BCUT2D eigenvalue weighted by molar-refractivity contribution is -0.140. The van der Waals surface area contributed by atoms with E-state index in [2.05, 4.69) is 22.1 Å². The van der Waals surface area contributed by atoms with Crippen molar-refractivity contribution in [1.82, 2.24) is 24.5 Å². The monoisotopic (exact) mass is 480 g/mol. The summed E-state index contributed by atoms with van der Waals surface area (Å²) in [7, 11) is 1.82. The quantitative estimate of drug-likeness (QED) is 0.496. The number of aryl methyl sites for hydroxylation is 3. The fourth-order valence-corrected chi connectivity index (χ4v) is 4.49. The largest absolute Gasteiger partial charge is 0.481 e. The highest BCUT2D eigenvalue weighted by Gasteiger charge is 2.25. The topological polar surface area (TPSA) is 115 Å². The summed E-state index contributed by atoms with van der Waals surface area (Å²) in [4.78, 5) is 30.7. The predicted molar refractivity (Wildman–Crippen MR) is 132 cm³/mol. The molecular weight excluding hydrogens is 448 g/mol. The van der Waals surface area contributed by atoms with Crippen molar-refractivity contribution < 1.29 is 14.6 Å². The highest BCUT2D eigenvalue weighted by atomic mass is 16.5. The standard InChI is InChI=1S/C25H32N6O4/c1-4-6-17-7-10-23(32)31(14-17)16-22-25(27-28-29(22)3)20-8-9-21(19(5-2)26-20)30-11-12-35-18(15-30)13-24(33)34/h7-10,14,18H,4-6,11-13,15-16H2,1-3H3,(H,33,34)/t18-/m1/s1. The minimum Gasteiger partial charge on any atom is -0.481 e. The molecule has 0 radical (unpaired) electrons. The third kappa shape index (κ3) is 5.59. The van der Waals surface area contributed by atoms with Crippen LogP contribution in [0, 0.1) is 0 Å². The van der Waals surface area contributed by atoms with Crippen LogP contribution in [0.3, 0.4) is 0 Å². The van der Waals surface area contributed by atoms with Crippen LogP contribution in [0.15, 0.2) is 35.3 Å². The van der Waals surface area contributed by atoms with Gasteiger partial charge in [0.25, 0.3) is 5.56 Å². The van der Waals surface area contributed by atoms with Crippen molar-refractivity contribution in [2.24, 2.45) is 7.05 Å². The van der Waals surface area contributed by atoms with Crippen molar-refractivity contribution in [3.8, 4) is 11.4 Å². The Bertz CT molecular complexity index is 1250. The summed E-state index contributed by atoms with van der Waals surface area (Å²) in [6.45, 7) is 6.17. The molecule has 1 N–H and O–H groups in total. The Hall–Kier alpha value is -3.53. The summed E-state index contributed by atoms with van der Waals surface area (Å²) in [6, 6.07) is 7.42. The van der Waals surface area contributed by atoms with Gasteiger partial charge in [0.05, 0.1) is 48.4 Å². The third-order valence-corrected chi connectivity index (χ3v) is 6.26. The molecule has 0 amide bonds. The molecule has 186 valence electrons. The lowest BCUT2D eigenvalue weighted by atomic mass is 10.1. The number of aliphatic carboxylic acids is 1. The van der Waals surface area contributed by atoms with Crippen LogP contribution in [-0.4, -0.2) is 61.4 Å². The second-order valence-corrected chi connectivity index (χ2v) is 8.81. The summed E-state index contributed by atoms with van der Waals surface area (Å²) in [5.41, 5.74) is 5.06. The van der Waals surface area contributed by atoms with Gasteiger partial charge in [0.2, 0.25) is 0 Å². The molecule has 4 rings (SSSR count). The summed E-state index contributed by atoms with van der Waals surface area (Å²) in [5.74, 6) is -0.865. The van der Waals surface area contributed by atoms with Gasteiger partial charge in [0.1, 0.15) is 5.69 Å². The number of hydrogen-bond donors (Lipinski definition) is 1. The molecule has 1 aliphatic heterocycles. The maximum Gasteiger partial charge on any atom is 0.306 e. The lowest BCUT2D eigenvalue weighted by Crippen LogP contribution is -2.43. The number of aromatic nitrogens is 5. The highest BCUT2D eigenvalue weighted by Crippen LogP contribution is 2.27. The molecule has 10 heteroatoms. The van der Waals surface area contributed by atoms with Gasteiger partial charge in [0, 0.05) is 32.4 Å². The first-order valence-electron chi connectivity index (χ1n) is 12.1. The summed E-state index contributed by atoms with van der Waals surface area (Å²) < 4.78 is 9.01. The van der Waals surface area contributed by atoms with Gasteiger partial charge in [-0.2, -0.15) is 0 Å². The SMILES string of the molecule is CCCc1ccc(=O)n(Cc2c(-c3ccc(N4CCO[C@H](CC(=O)O)C4)c(CC)n3)nnn2C)c1. The van der Waals surface area contributed by atoms with E-state index in [9.17, 15) is 9.59 Å². The Balaban J connectivity index is 1.63. The number of rotatable bonds is 9. The van der Waals surface area contributed by atoms with E-state index in [-0.39, 0.29) is 18.1 Å². The Morgan fingerprint density at radius 3 is 2.80 bits per heavy atom. The van der Waals surface area contributed by atoms with Gasteiger partial charge < -0.3 is 19.3 Å². The molecular formula is C25H32N6O4. The molecule has 0 unspecified atom stereocenters. The van der Waals surface area contributed by atoms with Crippen LogP contribution in [0.5, 0.6) is 0 Å². The number of morpholine rings is 1. The smallest absolute Gasteiger partial charge is 0.306 e. The van der Waals surface area contributed by atoms with E-state index in [1.165, 1.54) is 0 Å². The average molecular weight is 481 g/mol. The molecule has 0 aliphatic carbocycles. The van der Waals surface area contributed by atoms with Crippen LogP contribution in [-0.2, 0) is 36.0 Å². The molecule has 0 saturated carbocycles. The molecule has 4 heterocycles. The van der Waals surface area contributed by atoms with E-state index in [4.69, 9.17) is 14.8 Å². The van der Waals surface area contributed by atoms with Gasteiger partial charge in [0.15, 0.2) is 0 Å². The third-order valence-electron chi connectivity index (χ3n) is 6.26. The van der Waals surface area contributed by atoms with E-state index in [0.29, 0.717) is 44.0 Å². The zero-order valence-corrected chi connectivity index (χ0v) is 20.5. The molecule has 3 aromatic rings. The van der Waals surface area contributed by atoms with E-state index >= 15 is 0 Å². The zero-order valence-electron chi connectivity index (χ0n) is 20.5. The van der Waals surface area contributed by atoms with Gasteiger partial charge in [-0.3, -0.25) is 9.59 Å². The number of nitrogens with zero attached hydrogens (tertiary/aromatic N) is 6. The van der Waals surface area contributed by atoms with Crippen molar-refractivity contribution in [2.75, 3.05) is 24.6 Å². The minimum atomic E-state index is -0.865. The van der Waals surface area contributed by atoms with Crippen molar-refractivity contribution in [3.63, 3.8) is 0 Å². The van der Waals surface area contributed by atoms with Crippen LogP contribution in [0.1, 0.15) is 43.6 Å². The van der Waals surface area contributed by atoms with Crippen molar-refractivity contribution in [1.29, 1.82) is 0 Å². The highest BCUT2D eigenvalue weighted by molar-refractivity contribution is 5.68. The normalized spacial score (nSPS) is 16.0. The Labute approximate surface area is 204 Å². The maximum absolute atomic E-state index is 12.5. The Kier molecular flexibility index (Phi) is 7.60. The van der Waals surface area contributed by atoms with E-state index in [1.807, 2.05) is 38.4 Å². The van der Waals surface area contributed by atoms with Gasteiger partial charge >= 0.3 is 5.97 Å². The number of carboxylic acid groups (broad SMARTS) is 1. The number of carboxylic acids is 1. The van der Waals surface area contributed by atoms with Crippen LogP contribution >= 0.6 is 0 Å². The van der Waals surface area contributed by atoms with Crippen LogP contribution in [0.4, 0.5) is 5.69 Å². The van der Waals surface area contributed by atoms with E-state index < -0.39 is 5.97 Å². The van der Waals surface area contributed by atoms with Gasteiger partial charge in [-0.05, 0) is 30.5 Å². The number of ether oxygens (including phenoxy) is 1.